The Morgan fingerprint density at radius 2 is 1.95 bits per heavy atom. The molecule has 0 aliphatic carbocycles. The van der Waals surface area contributed by atoms with E-state index in [1.807, 2.05) is 0 Å². The molecular formula is C30H25N3O9S. The zero-order valence-corrected chi connectivity index (χ0v) is 24.3. The van der Waals surface area contributed by atoms with Gasteiger partial charge in [-0.05, 0) is 43.7 Å². The van der Waals surface area contributed by atoms with Gasteiger partial charge < -0.3 is 18.6 Å². The van der Waals surface area contributed by atoms with Crippen LogP contribution in [0.4, 0.5) is 5.69 Å². The Labute approximate surface area is 247 Å². The molecule has 0 saturated carbocycles. The molecule has 1 unspecified atom stereocenters. The number of thiazole rings is 1. The molecule has 1 aliphatic rings. The Morgan fingerprint density at radius 3 is 2.65 bits per heavy atom. The van der Waals surface area contributed by atoms with E-state index in [0.29, 0.717) is 33.1 Å². The number of furan rings is 1. The van der Waals surface area contributed by atoms with Gasteiger partial charge in [0.1, 0.15) is 11.5 Å². The Hall–Kier alpha value is -5.30. The lowest BCUT2D eigenvalue weighted by Gasteiger charge is -2.25. The first-order chi connectivity index (χ1) is 20.6. The van der Waals surface area contributed by atoms with Gasteiger partial charge in [0.25, 0.3) is 11.2 Å². The fourth-order valence-electron chi connectivity index (χ4n) is 4.69. The second-order valence-electron chi connectivity index (χ2n) is 9.32. The molecule has 13 heteroatoms. The molecule has 2 aromatic heterocycles. The molecule has 1 aliphatic heterocycles. The number of nitro benzene ring substituents is 1. The van der Waals surface area contributed by atoms with Gasteiger partial charge in [-0.2, -0.15) is 0 Å². The van der Waals surface area contributed by atoms with Crippen LogP contribution < -0.4 is 24.4 Å². The van der Waals surface area contributed by atoms with Crippen molar-refractivity contribution in [2.24, 2.45) is 4.99 Å². The highest BCUT2D eigenvalue weighted by Crippen LogP contribution is 2.36. The third-order valence-electron chi connectivity index (χ3n) is 6.52. The van der Waals surface area contributed by atoms with E-state index < -0.39 is 28.5 Å². The number of nitro groups is 1. The number of allylic oxidation sites excluding steroid dienone is 1. The van der Waals surface area contributed by atoms with Crippen molar-refractivity contribution in [1.29, 1.82) is 0 Å². The minimum Gasteiger partial charge on any atom is -0.493 e. The lowest BCUT2D eigenvalue weighted by Crippen LogP contribution is -2.39. The molecule has 0 radical (unpaired) electrons. The molecule has 0 fully saturated rings. The van der Waals surface area contributed by atoms with Crippen LogP contribution >= 0.6 is 11.3 Å². The highest BCUT2D eigenvalue weighted by Gasteiger charge is 2.34. The number of rotatable bonds is 8. The summed E-state index contributed by atoms with van der Waals surface area (Å²) in [5.74, 6) is -0.0100. The number of carbonyl (C=O) groups excluding carboxylic acids is 2. The standard InChI is InChI=1S/C30H25N3O9S/c1-5-40-29(36)26-16(2)31-30-32(27(26)19-9-11-23(41-17(3)34)24(14-19)39-4)28(35)25(43-30)15-21-10-12-22(42-21)18-7-6-8-20(13-18)33(37)38/h6-15,27H,5H2,1-4H3. The predicted molar refractivity (Wildman–Crippen MR) is 156 cm³/mol. The summed E-state index contributed by atoms with van der Waals surface area (Å²) in [6.45, 7) is 4.73. The minimum atomic E-state index is -0.922. The molecule has 0 N–H and O–H groups in total. The maximum Gasteiger partial charge on any atom is 0.338 e. The van der Waals surface area contributed by atoms with Crippen molar-refractivity contribution in [2.45, 2.75) is 26.8 Å². The van der Waals surface area contributed by atoms with Crippen molar-refractivity contribution < 1.29 is 33.1 Å². The van der Waals surface area contributed by atoms with Crippen molar-refractivity contribution in [2.75, 3.05) is 13.7 Å². The number of fused-ring (bicyclic) bond motifs is 1. The lowest BCUT2D eigenvalue weighted by molar-refractivity contribution is -0.384. The first-order valence-electron chi connectivity index (χ1n) is 13.0. The van der Waals surface area contributed by atoms with E-state index in [4.69, 9.17) is 18.6 Å². The quantitative estimate of drug-likeness (QED) is 0.126. The number of hydrogen-bond acceptors (Lipinski definition) is 11. The second-order valence-corrected chi connectivity index (χ2v) is 10.3. The van der Waals surface area contributed by atoms with Gasteiger partial charge in [0.05, 0.1) is 40.5 Å². The smallest absolute Gasteiger partial charge is 0.338 e. The molecule has 0 saturated heterocycles. The van der Waals surface area contributed by atoms with Crippen LogP contribution in [0.25, 0.3) is 17.4 Å². The topological polar surface area (TPSA) is 152 Å². The maximum absolute atomic E-state index is 13.9. The Bertz CT molecular complexity index is 1980. The summed E-state index contributed by atoms with van der Waals surface area (Å²) in [6.07, 6.45) is 1.55. The largest absolute Gasteiger partial charge is 0.493 e. The van der Waals surface area contributed by atoms with Crippen molar-refractivity contribution in [1.82, 2.24) is 4.57 Å². The van der Waals surface area contributed by atoms with Gasteiger partial charge in [0.15, 0.2) is 16.3 Å². The summed E-state index contributed by atoms with van der Waals surface area (Å²) >= 11 is 1.11. The van der Waals surface area contributed by atoms with Crippen LogP contribution in [0, 0.1) is 10.1 Å². The number of nitrogens with zero attached hydrogens (tertiary/aromatic N) is 3. The Kier molecular flexibility index (Phi) is 8.08. The predicted octanol–water partition coefficient (Wildman–Crippen LogP) is 3.90. The highest BCUT2D eigenvalue weighted by atomic mass is 32.1. The van der Waals surface area contributed by atoms with Crippen LogP contribution in [0.15, 0.2) is 80.1 Å². The Balaban J connectivity index is 1.63. The molecule has 3 heterocycles. The summed E-state index contributed by atoms with van der Waals surface area (Å²) in [6, 6.07) is 13.2. The van der Waals surface area contributed by atoms with E-state index in [2.05, 4.69) is 4.99 Å². The molecule has 5 rings (SSSR count). The molecule has 2 aromatic carbocycles. The molecule has 0 bridgehead atoms. The fourth-order valence-corrected chi connectivity index (χ4v) is 5.71. The van der Waals surface area contributed by atoms with E-state index in [9.17, 15) is 24.5 Å². The van der Waals surface area contributed by atoms with E-state index >= 15 is 0 Å². The third-order valence-corrected chi connectivity index (χ3v) is 7.50. The molecule has 43 heavy (non-hydrogen) atoms. The fraction of sp³-hybridized carbons (Fsp3) is 0.200. The summed E-state index contributed by atoms with van der Waals surface area (Å²) in [4.78, 5) is 54.2. The van der Waals surface area contributed by atoms with Crippen molar-refractivity contribution >= 4 is 35.0 Å². The molecule has 220 valence electrons. The van der Waals surface area contributed by atoms with Gasteiger partial charge in [0, 0.05) is 30.7 Å². The van der Waals surface area contributed by atoms with Crippen molar-refractivity contribution in [3.63, 3.8) is 0 Å². The molecule has 4 aromatic rings. The van der Waals surface area contributed by atoms with Crippen LogP contribution in [-0.2, 0) is 14.3 Å². The number of ether oxygens (including phenoxy) is 3. The first kappa shape index (κ1) is 29.2. The second kappa shape index (κ2) is 11.9. The number of hydrogen-bond donors (Lipinski definition) is 0. The number of aromatic nitrogens is 1. The lowest BCUT2D eigenvalue weighted by atomic mass is 9.95. The summed E-state index contributed by atoms with van der Waals surface area (Å²) < 4.78 is 23.6. The third kappa shape index (κ3) is 5.75. The number of carbonyl (C=O) groups is 2. The normalized spacial score (nSPS) is 14.6. The van der Waals surface area contributed by atoms with Crippen LogP contribution in [0.3, 0.4) is 0 Å². The van der Waals surface area contributed by atoms with Gasteiger partial charge in [-0.1, -0.05) is 29.5 Å². The first-order valence-corrected chi connectivity index (χ1v) is 13.8. The maximum atomic E-state index is 13.9. The number of non-ortho nitro benzene ring substituents is 1. The van der Waals surface area contributed by atoms with Gasteiger partial charge in [0.2, 0.25) is 0 Å². The average molecular weight is 604 g/mol. The van der Waals surface area contributed by atoms with E-state index in [1.165, 1.54) is 36.8 Å². The summed E-state index contributed by atoms with van der Waals surface area (Å²) in [5, 5.41) is 11.2. The van der Waals surface area contributed by atoms with Crippen LogP contribution in [0.1, 0.15) is 38.1 Å². The van der Waals surface area contributed by atoms with Crippen LogP contribution in [0.5, 0.6) is 11.5 Å². The Morgan fingerprint density at radius 1 is 1.16 bits per heavy atom. The number of benzene rings is 2. The monoisotopic (exact) mass is 603 g/mol. The SMILES string of the molecule is CCOC(=O)C1=C(C)N=c2sc(=Cc3ccc(-c4cccc([N+](=O)[O-])c4)o3)c(=O)n2C1c1ccc(OC(C)=O)c(OC)c1. The van der Waals surface area contributed by atoms with E-state index in [-0.39, 0.29) is 33.9 Å². The molecular weight excluding hydrogens is 578 g/mol. The molecule has 0 spiro atoms. The molecule has 0 amide bonds. The van der Waals surface area contributed by atoms with Crippen molar-refractivity contribution in [3.05, 3.63) is 107 Å². The minimum absolute atomic E-state index is 0.0750. The molecule has 1 atom stereocenters. The molecule has 12 nitrogen and oxygen atoms in total. The number of methoxy groups -OCH3 is 1. The van der Waals surface area contributed by atoms with Gasteiger partial charge in [-0.25, -0.2) is 9.79 Å². The van der Waals surface area contributed by atoms with E-state index in [0.717, 1.165) is 11.3 Å². The highest BCUT2D eigenvalue weighted by molar-refractivity contribution is 7.07. The zero-order valence-electron chi connectivity index (χ0n) is 23.5. The van der Waals surface area contributed by atoms with Gasteiger partial charge in [-0.3, -0.25) is 24.3 Å². The van der Waals surface area contributed by atoms with E-state index in [1.54, 1.807) is 56.3 Å². The van der Waals surface area contributed by atoms with Crippen molar-refractivity contribution in [3.8, 4) is 22.8 Å². The van der Waals surface area contributed by atoms with Crippen LogP contribution in [-0.4, -0.2) is 35.1 Å². The average Bonchev–Trinajstić information content (AvgIpc) is 3.56. The van der Waals surface area contributed by atoms with Gasteiger partial charge in [-0.15, -0.1) is 0 Å². The number of esters is 2. The summed E-state index contributed by atoms with van der Waals surface area (Å²) in [5.41, 5.74) is 1.06. The van der Waals surface area contributed by atoms with Gasteiger partial charge >= 0.3 is 11.9 Å². The summed E-state index contributed by atoms with van der Waals surface area (Å²) in [7, 11) is 1.41. The zero-order chi connectivity index (χ0) is 30.8. The van der Waals surface area contributed by atoms with Crippen LogP contribution in [0.2, 0.25) is 0 Å².